The lowest BCUT2D eigenvalue weighted by atomic mass is 10.1. The molecule has 0 bridgehead atoms. The molecular weight excluding hydrogens is 308 g/mol. The van der Waals surface area contributed by atoms with E-state index in [1.54, 1.807) is 29.5 Å². The predicted molar refractivity (Wildman–Crippen MR) is 93.1 cm³/mol. The first kappa shape index (κ1) is 13.8. The summed E-state index contributed by atoms with van der Waals surface area (Å²) in [6, 6.07) is 16.8. The van der Waals surface area contributed by atoms with Crippen molar-refractivity contribution in [3.8, 4) is 11.5 Å². The van der Waals surface area contributed by atoms with Crippen LogP contribution in [0, 0.1) is 0 Å². The van der Waals surface area contributed by atoms with Gasteiger partial charge in [0.2, 0.25) is 6.23 Å². The molecule has 1 aliphatic rings. The third-order valence-corrected chi connectivity index (χ3v) is 4.29. The lowest BCUT2D eigenvalue weighted by Crippen LogP contribution is -2.31. The Kier molecular flexibility index (Phi) is 3.48. The number of aromatic hydroxyl groups is 1. The minimum atomic E-state index is -0.387. The Labute approximate surface area is 137 Å². The van der Waals surface area contributed by atoms with Gasteiger partial charge in [-0.1, -0.05) is 24.3 Å². The zero-order valence-corrected chi connectivity index (χ0v) is 13.0. The quantitative estimate of drug-likeness (QED) is 0.703. The van der Waals surface area contributed by atoms with Crippen LogP contribution < -0.4 is 10.1 Å². The van der Waals surface area contributed by atoms with Gasteiger partial charge in [-0.05, 0) is 41.1 Å². The maximum absolute atomic E-state index is 10.0. The number of phenolic OH excluding ortho intramolecular Hbond substituents is 1. The Morgan fingerprint density at radius 2 is 1.91 bits per heavy atom. The van der Waals surface area contributed by atoms with Gasteiger partial charge in [0.25, 0.3) is 0 Å². The van der Waals surface area contributed by atoms with E-state index in [0.29, 0.717) is 5.69 Å². The normalized spacial score (nSPS) is 16.5. The van der Waals surface area contributed by atoms with Crippen LogP contribution in [0.25, 0.3) is 0 Å². The number of thiophene rings is 1. The van der Waals surface area contributed by atoms with Gasteiger partial charge in [-0.15, -0.1) is 0 Å². The topological polar surface area (TPSA) is 53.9 Å². The number of hydrogen-bond acceptors (Lipinski definition) is 5. The highest BCUT2D eigenvalue weighted by molar-refractivity contribution is 7.08. The van der Waals surface area contributed by atoms with Crippen LogP contribution in [-0.4, -0.2) is 17.0 Å². The highest BCUT2D eigenvalue weighted by Gasteiger charge is 2.27. The standard InChI is InChI=1S/C18H14N2O2S/c21-15-7-3-1-5-13(15)19-17(12-9-10-23-11-12)18-20-14-6-2-4-8-16(14)22-18/h1-11,18,20-21H. The molecule has 23 heavy (non-hydrogen) atoms. The second kappa shape index (κ2) is 5.78. The van der Waals surface area contributed by atoms with Crippen molar-refractivity contribution in [2.24, 2.45) is 4.99 Å². The van der Waals surface area contributed by atoms with Gasteiger partial charge in [-0.25, -0.2) is 4.99 Å². The average Bonchev–Trinajstić information content (AvgIpc) is 3.23. The molecule has 1 aromatic heterocycles. The molecular formula is C18H14N2O2S. The molecule has 1 atom stereocenters. The summed E-state index contributed by atoms with van der Waals surface area (Å²) in [4.78, 5) is 4.65. The maximum Gasteiger partial charge on any atom is 0.214 e. The van der Waals surface area contributed by atoms with Gasteiger partial charge in [-0.3, -0.25) is 0 Å². The van der Waals surface area contributed by atoms with Crippen molar-refractivity contribution in [2.75, 3.05) is 5.32 Å². The average molecular weight is 322 g/mol. The van der Waals surface area contributed by atoms with Gasteiger partial charge in [0, 0.05) is 5.56 Å². The molecule has 0 aliphatic carbocycles. The number of nitrogens with zero attached hydrogens (tertiary/aromatic N) is 1. The van der Waals surface area contributed by atoms with Crippen molar-refractivity contribution < 1.29 is 9.84 Å². The first-order valence-corrected chi connectivity index (χ1v) is 8.17. The lowest BCUT2D eigenvalue weighted by Gasteiger charge is -2.14. The summed E-state index contributed by atoms with van der Waals surface area (Å²) in [6.45, 7) is 0. The number of aliphatic imine (C=N–C) groups is 1. The lowest BCUT2D eigenvalue weighted by molar-refractivity contribution is 0.320. The third-order valence-electron chi connectivity index (χ3n) is 3.61. The van der Waals surface area contributed by atoms with Crippen LogP contribution in [0.15, 0.2) is 70.3 Å². The largest absolute Gasteiger partial charge is 0.506 e. The van der Waals surface area contributed by atoms with Crippen LogP contribution in [0.1, 0.15) is 5.56 Å². The van der Waals surface area contributed by atoms with Crippen LogP contribution in [0.4, 0.5) is 11.4 Å². The van der Waals surface area contributed by atoms with Gasteiger partial charge in [-0.2, -0.15) is 11.3 Å². The van der Waals surface area contributed by atoms with E-state index in [9.17, 15) is 5.11 Å². The van der Waals surface area contributed by atoms with Crippen molar-refractivity contribution in [1.82, 2.24) is 0 Å². The molecule has 3 aromatic rings. The molecule has 0 spiro atoms. The minimum Gasteiger partial charge on any atom is -0.506 e. The van der Waals surface area contributed by atoms with E-state index < -0.39 is 0 Å². The van der Waals surface area contributed by atoms with Gasteiger partial charge in [0.1, 0.15) is 22.9 Å². The van der Waals surface area contributed by atoms with Crippen LogP contribution in [0.3, 0.4) is 0 Å². The van der Waals surface area contributed by atoms with Crippen molar-refractivity contribution in [3.63, 3.8) is 0 Å². The van der Waals surface area contributed by atoms with Crippen molar-refractivity contribution in [1.29, 1.82) is 0 Å². The Bertz CT molecular complexity index is 834. The number of phenols is 1. The summed E-state index contributed by atoms with van der Waals surface area (Å²) in [5.41, 5.74) is 3.18. The summed E-state index contributed by atoms with van der Waals surface area (Å²) in [5.74, 6) is 0.952. The van der Waals surface area contributed by atoms with E-state index in [0.717, 1.165) is 22.7 Å². The molecule has 0 saturated carbocycles. The zero-order chi connectivity index (χ0) is 15.6. The van der Waals surface area contributed by atoms with Crippen LogP contribution in [-0.2, 0) is 0 Å². The van der Waals surface area contributed by atoms with Gasteiger partial charge in [0.15, 0.2) is 0 Å². The molecule has 114 valence electrons. The molecule has 0 fully saturated rings. The molecule has 0 radical (unpaired) electrons. The van der Waals surface area contributed by atoms with Crippen molar-refractivity contribution in [2.45, 2.75) is 6.23 Å². The molecule has 5 heteroatoms. The van der Waals surface area contributed by atoms with Crippen molar-refractivity contribution in [3.05, 3.63) is 70.9 Å². The van der Waals surface area contributed by atoms with Crippen LogP contribution >= 0.6 is 11.3 Å². The Hall–Kier alpha value is -2.79. The fraction of sp³-hybridized carbons (Fsp3) is 0.0556. The van der Waals surface area contributed by atoms with E-state index in [-0.39, 0.29) is 12.0 Å². The van der Waals surface area contributed by atoms with E-state index in [1.807, 2.05) is 47.2 Å². The second-order valence-corrected chi connectivity index (χ2v) is 5.92. The number of anilines is 1. The molecule has 2 heterocycles. The maximum atomic E-state index is 10.0. The number of ether oxygens (including phenoxy) is 1. The Morgan fingerprint density at radius 1 is 1.09 bits per heavy atom. The van der Waals surface area contributed by atoms with Gasteiger partial charge >= 0.3 is 0 Å². The summed E-state index contributed by atoms with van der Waals surface area (Å²) in [6.07, 6.45) is -0.387. The summed E-state index contributed by atoms with van der Waals surface area (Å²) in [7, 11) is 0. The van der Waals surface area contributed by atoms with Crippen molar-refractivity contribution >= 4 is 28.4 Å². The summed E-state index contributed by atoms with van der Waals surface area (Å²) in [5, 5.41) is 17.4. The molecule has 0 amide bonds. The number of nitrogens with one attached hydrogen (secondary N) is 1. The van der Waals surface area contributed by atoms with E-state index in [2.05, 4.69) is 10.3 Å². The predicted octanol–water partition coefficient (Wildman–Crippen LogP) is 4.41. The summed E-state index contributed by atoms with van der Waals surface area (Å²) >= 11 is 1.60. The number of fused-ring (bicyclic) bond motifs is 1. The van der Waals surface area contributed by atoms with Gasteiger partial charge < -0.3 is 15.2 Å². The van der Waals surface area contributed by atoms with E-state index in [4.69, 9.17) is 4.74 Å². The highest BCUT2D eigenvalue weighted by Crippen LogP contribution is 2.34. The monoisotopic (exact) mass is 322 g/mol. The van der Waals surface area contributed by atoms with E-state index >= 15 is 0 Å². The van der Waals surface area contributed by atoms with Crippen LogP contribution in [0.5, 0.6) is 11.5 Å². The highest BCUT2D eigenvalue weighted by atomic mass is 32.1. The Balaban J connectivity index is 1.75. The molecule has 0 saturated heterocycles. The molecule has 2 aromatic carbocycles. The number of rotatable bonds is 3. The van der Waals surface area contributed by atoms with Gasteiger partial charge in [0.05, 0.1) is 5.69 Å². The Morgan fingerprint density at radius 3 is 2.70 bits per heavy atom. The molecule has 1 unspecified atom stereocenters. The molecule has 1 aliphatic heterocycles. The number of benzene rings is 2. The fourth-order valence-electron chi connectivity index (χ4n) is 2.48. The minimum absolute atomic E-state index is 0.149. The zero-order valence-electron chi connectivity index (χ0n) is 12.1. The van der Waals surface area contributed by atoms with E-state index in [1.165, 1.54) is 0 Å². The molecule has 4 nitrogen and oxygen atoms in total. The summed E-state index contributed by atoms with van der Waals surface area (Å²) < 4.78 is 5.99. The first-order chi connectivity index (χ1) is 11.3. The number of hydrogen-bond donors (Lipinski definition) is 2. The molecule has 4 rings (SSSR count). The second-order valence-electron chi connectivity index (χ2n) is 5.14. The smallest absolute Gasteiger partial charge is 0.214 e. The first-order valence-electron chi connectivity index (χ1n) is 7.22. The number of para-hydroxylation sites is 4. The molecule has 2 N–H and O–H groups in total. The van der Waals surface area contributed by atoms with Crippen LogP contribution in [0.2, 0.25) is 0 Å². The third kappa shape index (κ3) is 2.66. The fourth-order valence-corrected chi connectivity index (χ4v) is 3.13. The SMILES string of the molecule is Oc1ccccc1N=C(c1ccsc1)C1Nc2ccccc2O1.